The molecule has 2 aromatic rings. The molecule has 0 aliphatic rings. The molecule has 0 saturated carbocycles. The molecule has 0 radical (unpaired) electrons. The molecule has 2 atom stereocenters. The number of hydrogen-bond acceptors (Lipinski definition) is 8. The molecule has 10 nitrogen and oxygen atoms in total. The quantitative estimate of drug-likeness (QED) is 0.245. The Balaban J connectivity index is 0.000000537. The van der Waals surface area contributed by atoms with Crippen LogP contribution >= 0.6 is 22.6 Å². The topological polar surface area (TPSA) is 161 Å². The summed E-state index contributed by atoms with van der Waals surface area (Å²) in [7, 11) is -11.3. The molecule has 34 heavy (non-hydrogen) atoms. The van der Waals surface area contributed by atoms with Gasteiger partial charge in [0.25, 0.3) is 20.2 Å². The van der Waals surface area contributed by atoms with Gasteiger partial charge in [0.15, 0.2) is 0 Å². The van der Waals surface area contributed by atoms with Gasteiger partial charge in [0.2, 0.25) is 0 Å². The monoisotopic (exact) mass is 652 g/mol. The van der Waals surface area contributed by atoms with Gasteiger partial charge in [-0.15, -0.1) is 0 Å². The maximum Gasteiger partial charge on any atom is 0.394 e. The van der Waals surface area contributed by atoms with Crippen LogP contribution in [-0.4, -0.2) is 60.1 Å². The number of rotatable bonds is 8. The van der Waals surface area contributed by atoms with E-state index in [0.717, 1.165) is 27.2 Å². The normalized spacial score (nSPS) is 13.5. The Kier molecular flexibility index (Phi) is 14.6. The van der Waals surface area contributed by atoms with Crippen molar-refractivity contribution in [3.8, 4) is 0 Å². The Hall–Kier alpha value is -1.14. The van der Waals surface area contributed by atoms with E-state index in [9.17, 15) is 16.8 Å². The highest BCUT2D eigenvalue weighted by Gasteiger charge is 2.10. The van der Waals surface area contributed by atoms with Gasteiger partial charge in [-0.2, -0.15) is 25.3 Å². The van der Waals surface area contributed by atoms with E-state index in [1.54, 1.807) is 0 Å². The molecule has 0 fully saturated rings. The van der Waals surface area contributed by atoms with Gasteiger partial charge in [-0.25, -0.2) is 0 Å². The lowest BCUT2D eigenvalue weighted by molar-refractivity contribution is 0.301. The van der Waals surface area contributed by atoms with Gasteiger partial charge >= 0.3 is 10.4 Å². The third-order valence-corrected chi connectivity index (χ3v) is 5.72. The first-order chi connectivity index (χ1) is 15.4. The summed E-state index contributed by atoms with van der Waals surface area (Å²) in [6, 6.07) is 17.6. The molecule has 0 saturated heterocycles. The summed E-state index contributed by atoms with van der Waals surface area (Å²) in [5.74, 6) is 0.169. The van der Waals surface area contributed by atoms with Crippen LogP contribution in [0.5, 0.6) is 0 Å². The molecule has 0 bridgehead atoms. The third-order valence-electron chi connectivity index (χ3n) is 3.87. The Morgan fingerprint density at radius 3 is 1.35 bits per heavy atom. The molecule has 0 unspecified atom stereocenters. The van der Waals surface area contributed by atoms with Crippen LogP contribution in [-0.2, 0) is 39.0 Å². The predicted octanol–water partition coefficient (Wildman–Crippen LogP) is 3.48. The highest BCUT2D eigenvalue weighted by atomic mass is 127. The largest absolute Gasteiger partial charge is 0.394 e. The lowest BCUT2D eigenvalue weighted by Crippen LogP contribution is -2.09. The van der Waals surface area contributed by atoms with Crippen LogP contribution in [0.15, 0.2) is 54.6 Å². The summed E-state index contributed by atoms with van der Waals surface area (Å²) in [5, 5.41) is 0. The van der Waals surface area contributed by atoms with Crippen LogP contribution in [0, 0.1) is 3.57 Å². The zero-order valence-electron chi connectivity index (χ0n) is 19.0. The molecule has 194 valence electrons. The zero-order valence-corrected chi connectivity index (χ0v) is 23.6. The number of halogens is 1. The minimum Gasteiger partial charge on any atom is -0.270 e. The molecule has 2 N–H and O–H groups in total. The van der Waals surface area contributed by atoms with E-state index < -0.39 is 30.6 Å². The van der Waals surface area contributed by atoms with Crippen LogP contribution in [0.4, 0.5) is 0 Å². The third kappa shape index (κ3) is 20.3. The molecule has 0 aliphatic carbocycles. The lowest BCUT2D eigenvalue weighted by atomic mass is 10.0. The minimum absolute atomic E-state index is 0.0803. The molecule has 0 amide bonds. The summed E-state index contributed by atoms with van der Waals surface area (Å²) in [6.45, 7) is 4.26. The Labute approximate surface area is 215 Å². The second-order valence-corrected chi connectivity index (χ2v) is 12.6. The van der Waals surface area contributed by atoms with Gasteiger partial charge in [-0.05, 0) is 45.9 Å². The second kappa shape index (κ2) is 15.1. The van der Waals surface area contributed by atoms with Crippen LogP contribution in [0.2, 0.25) is 0 Å². The van der Waals surface area contributed by atoms with E-state index in [4.69, 9.17) is 25.9 Å². The summed E-state index contributed by atoms with van der Waals surface area (Å²) < 4.78 is 85.3. The van der Waals surface area contributed by atoms with E-state index in [0.29, 0.717) is 0 Å². The smallest absolute Gasteiger partial charge is 0.270 e. The van der Waals surface area contributed by atoms with Gasteiger partial charge in [-0.1, -0.05) is 56.3 Å². The first-order valence-electron chi connectivity index (χ1n) is 9.56. The van der Waals surface area contributed by atoms with E-state index in [2.05, 4.69) is 22.6 Å². The standard InChI is InChI=1S/C10H13IO3S.C10H14O3S.H2O4S/c1-8(7-14-15(2,12)13)9-3-5-10(11)6-4-9;1-9(8-13-14(2,11)12)10-6-4-3-5-7-10;1-5(2,3)4/h3-6,8H,7H2,1-2H3;3-7,9H,8H2,1-2H3;(H2,1,2,3,4)/t8-;9-;/m00./s1. The molecule has 0 heterocycles. The van der Waals surface area contributed by atoms with Crippen molar-refractivity contribution >= 4 is 53.2 Å². The fraction of sp³-hybridized carbons (Fsp3) is 0.400. The molecule has 0 aliphatic heterocycles. The maximum absolute atomic E-state index is 10.8. The molecule has 2 rings (SSSR count). The van der Waals surface area contributed by atoms with E-state index in [1.165, 1.54) is 0 Å². The van der Waals surface area contributed by atoms with Crippen molar-refractivity contribution in [1.29, 1.82) is 0 Å². The number of hydrogen-bond donors (Lipinski definition) is 2. The average Bonchev–Trinajstić information content (AvgIpc) is 2.69. The summed E-state index contributed by atoms with van der Waals surface area (Å²) in [4.78, 5) is 0. The number of benzene rings is 2. The Bertz CT molecular complexity index is 1160. The van der Waals surface area contributed by atoms with E-state index in [1.807, 2.05) is 68.4 Å². The van der Waals surface area contributed by atoms with Gasteiger partial charge in [0.1, 0.15) is 0 Å². The van der Waals surface area contributed by atoms with Gasteiger partial charge in [0.05, 0.1) is 25.7 Å². The highest BCUT2D eigenvalue weighted by molar-refractivity contribution is 14.1. The molecule has 14 heteroatoms. The molecule has 0 spiro atoms. The van der Waals surface area contributed by atoms with Crippen molar-refractivity contribution < 1.29 is 42.7 Å². The van der Waals surface area contributed by atoms with Crippen LogP contribution in [0.3, 0.4) is 0 Å². The Morgan fingerprint density at radius 1 is 0.706 bits per heavy atom. The molecule has 0 aromatic heterocycles. The SMILES string of the molecule is C[C@@H](COS(C)(=O)=O)c1ccc(I)cc1.C[C@@H](COS(C)(=O)=O)c1ccccc1.O=S(=O)(O)O. The highest BCUT2D eigenvalue weighted by Crippen LogP contribution is 2.17. The van der Waals surface area contributed by atoms with Crippen LogP contribution < -0.4 is 0 Å². The van der Waals surface area contributed by atoms with Crippen molar-refractivity contribution in [3.05, 3.63) is 69.3 Å². The molecular weight excluding hydrogens is 623 g/mol. The summed E-state index contributed by atoms with van der Waals surface area (Å²) >= 11 is 2.23. The fourth-order valence-corrected chi connectivity index (χ4v) is 3.48. The minimum atomic E-state index is -4.67. The maximum atomic E-state index is 10.8. The predicted molar refractivity (Wildman–Crippen MR) is 138 cm³/mol. The van der Waals surface area contributed by atoms with Crippen molar-refractivity contribution in [2.24, 2.45) is 0 Å². The molecular formula is C20H29IO10S3. The fourth-order valence-electron chi connectivity index (χ4n) is 2.22. The van der Waals surface area contributed by atoms with Crippen molar-refractivity contribution in [1.82, 2.24) is 0 Å². The van der Waals surface area contributed by atoms with Gasteiger partial charge < -0.3 is 0 Å². The van der Waals surface area contributed by atoms with Gasteiger partial charge in [0, 0.05) is 15.4 Å². The van der Waals surface area contributed by atoms with Crippen LogP contribution in [0.1, 0.15) is 36.8 Å². The zero-order chi connectivity index (χ0) is 26.6. The Morgan fingerprint density at radius 2 is 1.03 bits per heavy atom. The summed E-state index contributed by atoms with van der Waals surface area (Å²) in [6.07, 6.45) is 2.12. The van der Waals surface area contributed by atoms with Crippen molar-refractivity contribution in [2.45, 2.75) is 25.7 Å². The van der Waals surface area contributed by atoms with Crippen molar-refractivity contribution in [2.75, 3.05) is 25.7 Å². The second-order valence-electron chi connectivity index (χ2n) is 7.19. The van der Waals surface area contributed by atoms with E-state index in [-0.39, 0.29) is 25.0 Å². The lowest BCUT2D eigenvalue weighted by Gasteiger charge is -2.11. The van der Waals surface area contributed by atoms with Gasteiger partial charge in [-0.3, -0.25) is 17.5 Å². The average molecular weight is 653 g/mol. The summed E-state index contributed by atoms with van der Waals surface area (Å²) in [5.41, 5.74) is 2.16. The van der Waals surface area contributed by atoms with Crippen molar-refractivity contribution in [3.63, 3.8) is 0 Å². The van der Waals surface area contributed by atoms with Crippen LogP contribution in [0.25, 0.3) is 0 Å². The van der Waals surface area contributed by atoms with E-state index >= 15 is 0 Å². The first-order valence-corrected chi connectivity index (χ1v) is 15.7. The molecule has 2 aromatic carbocycles. The first kappa shape index (κ1) is 32.9.